The number of benzene rings is 4. The summed E-state index contributed by atoms with van der Waals surface area (Å²) in [5.74, 6) is 1.63. The summed E-state index contributed by atoms with van der Waals surface area (Å²) in [6, 6.07) is 20.7. The van der Waals surface area contributed by atoms with Crippen LogP contribution >= 0.6 is 11.3 Å². The number of nitrogens with zero attached hydrogens (tertiary/aromatic N) is 8. The van der Waals surface area contributed by atoms with Gasteiger partial charge in [-0.2, -0.15) is 0 Å². The maximum Gasteiger partial charge on any atom is 0.407 e. The van der Waals surface area contributed by atoms with Crippen LogP contribution in [-0.4, -0.2) is 190 Å². The highest BCUT2D eigenvalue weighted by Crippen LogP contribution is 2.46. The van der Waals surface area contributed by atoms with Crippen molar-refractivity contribution in [2.75, 3.05) is 54.6 Å². The molecule has 0 unspecified atom stereocenters. The fraction of sp³-hybridized carbons (Fsp3) is 0.450. The number of methoxy groups -OCH3 is 4. The molecular formula is C80H96N16O13S2. The van der Waals surface area contributed by atoms with E-state index in [1.54, 1.807) is 33.5 Å². The Labute approximate surface area is 649 Å². The largest absolute Gasteiger partial charge is 0.453 e. The highest BCUT2D eigenvalue weighted by atomic mass is 32.2. The van der Waals surface area contributed by atoms with Crippen LogP contribution in [0.15, 0.2) is 107 Å². The predicted octanol–water partition coefficient (Wildman–Crippen LogP) is 12.6. The number of nitrogens with one attached hydrogen (secondary N) is 8. The number of alkyl carbamates (subject to hydrolysis) is 4. The summed E-state index contributed by atoms with van der Waals surface area (Å²) in [6.45, 7) is 17.4. The van der Waals surface area contributed by atoms with Gasteiger partial charge in [-0.25, -0.2) is 43.3 Å². The molecule has 5 aliphatic rings. The van der Waals surface area contributed by atoms with Crippen LogP contribution in [0.4, 0.5) is 19.2 Å². The number of fused-ring (bicyclic) bond motifs is 6. The summed E-state index contributed by atoms with van der Waals surface area (Å²) in [4.78, 5) is 144. The lowest BCUT2D eigenvalue weighted by atomic mass is 10.0. The maximum absolute atomic E-state index is 14.0. The molecule has 4 aromatic carbocycles. The zero-order valence-electron chi connectivity index (χ0n) is 64.4. The van der Waals surface area contributed by atoms with Gasteiger partial charge in [0.15, 0.2) is 0 Å². The van der Waals surface area contributed by atoms with Crippen molar-refractivity contribution in [3.05, 3.63) is 121 Å². The molecular weight excluding hydrogens is 1460 g/mol. The van der Waals surface area contributed by atoms with E-state index in [4.69, 9.17) is 28.9 Å². The number of likely N-dealkylation sites (tertiary alicyclic amines) is 4. The Kier molecular flexibility index (Phi) is 23.5. The number of thiophene rings is 1. The number of carbonyl (C=O) groups excluding carboxylic acids is 8. The molecule has 0 bridgehead atoms. The van der Waals surface area contributed by atoms with E-state index in [-0.39, 0.29) is 71.5 Å². The van der Waals surface area contributed by atoms with Gasteiger partial charge in [0.05, 0.1) is 121 Å². The molecule has 0 aliphatic carbocycles. The quantitative estimate of drug-likeness (QED) is 0.0329. The zero-order valence-corrected chi connectivity index (χ0v) is 66.0. The molecule has 111 heavy (non-hydrogen) atoms. The second kappa shape index (κ2) is 33.3. The maximum atomic E-state index is 14.0. The van der Waals surface area contributed by atoms with E-state index in [1.807, 2.05) is 114 Å². The molecule has 0 radical (unpaired) electrons. The van der Waals surface area contributed by atoms with Gasteiger partial charge in [0.25, 0.3) is 0 Å². The average molecular weight is 1550 g/mol. The third-order valence-corrected chi connectivity index (χ3v) is 24.3. The SMILES string of the molecule is COC(=O)N[C@H](C(=O)N1CCC[C@H]1c1ncc(-c2ccc3c(c2)S(=O)c2cc(-c4cnc([C@@H]5CCCN5C(=O)[C@@H](NC(=O)OC)C(C)C)[nH]4)ccc2-3)[nH]1)C(C)C.COC(=O)N[C@H](C(=O)N1CCC[C@H]1c1ncc(-c2ccc3c(c2)sc2cc(-c4cnc([C@@H]5CCCN5C(=O)[C@@H](NC(=O)OC)C(C)C)[nH]4)ccc23)[nH]1)C(C)C. The van der Waals surface area contributed by atoms with Crippen molar-refractivity contribution in [1.29, 1.82) is 0 Å². The minimum Gasteiger partial charge on any atom is -0.453 e. The molecule has 8 N–H and O–H groups in total. The fourth-order valence-electron chi connectivity index (χ4n) is 15.7. The van der Waals surface area contributed by atoms with Gasteiger partial charge in [-0.05, 0) is 110 Å². The highest BCUT2D eigenvalue weighted by Gasteiger charge is 2.43. The van der Waals surface area contributed by atoms with Crippen LogP contribution in [0.3, 0.4) is 0 Å². The van der Waals surface area contributed by atoms with E-state index >= 15 is 0 Å². The van der Waals surface area contributed by atoms with Crippen molar-refractivity contribution >= 4 is 90.3 Å². The summed E-state index contributed by atoms with van der Waals surface area (Å²) in [5.41, 5.74) is 8.65. The Morgan fingerprint density at radius 2 is 0.649 bits per heavy atom. The molecule has 8 amide bonds. The summed E-state index contributed by atoms with van der Waals surface area (Å²) < 4.78 is 35.4. The van der Waals surface area contributed by atoms with E-state index in [0.29, 0.717) is 47.6 Å². The summed E-state index contributed by atoms with van der Waals surface area (Å²) in [5, 5.41) is 13.1. The number of hydrogen-bond acceptors (Lipinski definition) is 18. The first kappa shape index (κ1) is 78.2. The number of imidazole rings is 4. The molecule has 5 aliphatic heterocycles. The topological polar surface area (TPSA) is 366 Å². The summed E-state index contributed by atoms with van der Waals surface area (Å²) in [6.07, 6.45) is 10.9. The smallest absolute Gasteiger partial charge is 0.407 e. The number of H-pyrrole nitrogens is 4. The van der Waals surface area contributed by atoms with E-state index in [1.165, 1.54) is 28.4 Å². The van der Waals surface area contributed by atoms with Gasteiger partial charge in [0.1, 0.15) is 47.5 Å². The first-order chi connectivity index (χ1) is 53.4. The Balaban J connectivity index is 0.000000195. The highest BCUT2D eigenvalue weighted by molar-refractivity contribution is 7.85. The van der Waals surface area contributed by atoms with Crippen molar-refractivity contribution < 1.29 is 61.5 Å². The van der Waals surface area contributed by atoms with Gasteiger partial charge < -0.3 is 79.8 Å². The molecule has 4 fully saturated rings. The number of ether oxygens (including phenoxy) is 4. The molecule has 31 heteroatoms. The molecule has 0 spiro atoms. The van der Waals surface area contributed by atoms with Gasteiger partial charge in [-0.1, -0.05) is 104 Å². The lowest BCUT2D eigenvalue weighted by molar-refractivity contribution is -0.136. The van der Waals surface area contributed by atoms with Gasteiger partial charge >= 0.3 is 24.4 Å². The summed E-state index contributed by atoms with van der Waals surface area (Å²) in [7, 11) is 3.68. The van der Waals surface area contributed by atoms with Crippen molar-refractivity contribution in [2.45, 2.75) is 165 Å². The lowest BCUT2D eigenvalue weighted by Crippen LogP contribution is -2.51. The first-order valence-corrected chi connectivity index (χ1v) is 39.8. The standard InChI is InChI=1S/C40H48N8O7S.C40H48N8O6S/c1-21(2)33(45-39(51)54-5)37(49)47-15-7-9-29(47)35-41-19-27(43-35)23-11-13-25-26-14-12-24(18-32(26)56(53)31(25)17-23)28-20-42-36(44-28)30-10-8-16-48(30)38(50)34(22(3)4)46-40(52)55-6;1-21(2)33(45-39(51)53-5)37(49)47-15-7-9-29(47)35-41-19-27(43-35)23-11-13-25-26-14-12-24(18-32(26)55-31(25)17-23)28-20-42-36(44-28)30-10-8-16-48(30)38(50)34(22(3)4)46-40(52)54-6/h11-14,17-22,29-30,33-34H,7-10,15-16H2,1-6H3,(H,41,43)(H,42,44)(H,45,51)(H,46,52);11-14,17-22,29-30,33-34H,7-10,15-16H2,1-6H3,(H,41,43)(H,42,44)(H,45,51)(H,46,52)/t2*29-,30-,33-,34-/m00/s1. The van der Waals surface area contributed by atoms with Crippen molar-refractivity contribution in [1.82, 2.24) is 80.7 Å². The molecule has 29 nitrogen and oxygen atoms in total. The number of aromatic nitrogens is 8. The molecule has 4 saturated heterocycles. The Morgan fingerprint density at radius 3 is 0.901 bits per heavy atom. The Hall–Kier alpha value is -11.0. The molecule has 9 aromatic rings. The van der Waals surface area contributed by atoms with Gasteiger partial charge in [0, 0.05) is 68.6 Å². The van der Waals surface area contributed by atoms with Crippen LogP contribution in [0.25, 0.3) is 76.3 Å². The first-order valence-electron chi connectivity index (χ1n) is 37.8. The molecule has 8 atom stereocenters. The van der Waals surface area contributed by atoms with Crippen molar-refractivity contribution in [3.8, 4) is 56.2 Å². The number of hydrogen-bond donors (Lipinski definition) is 8. The summed E-state index contributed by atoms with van der Waals surface area (Å²) >= 11 is 1.71. The molecule has 14 rings (SSSR count). The molecule has 5 aromatic heterocycles. The molecule has 0 saturated carbocycles. The number of aromatic amines is 4. The third-order valence-electron chi connectivity index (χ3n) is 21.7. The normalized spacial score (nSPS) is 18.6. The second-order valence-corrected chi connectivity index (χ2v) is 32.6. The number of carbonyl (C=O) groups is 8. The lowest BCUT2D eigenvalue weighted by Gasteiger charge is -2.30. The van der Waals surface area contributed by atoms with Crippen LogP contribution in [0.5, 0.6) is 0 Å². The van der Waals surface area contributed by atoms with Crippen LogP contribution in [0, 0.1) is 23.7 Å². The Bertz CT molecular complexity index is 4720. The zero-order chi connectivity index (χ0) is 78.8. The van der Waals surface area contributed by atoms with Crippen LogP contribution in [0.1, 0.15) is 154 Å². The molecule has 586 valence electrons. The van der Waals surface area contributed by atoms with Crippen molar-refractivity contribution in [2.24, 2.45) is 23.7 Å². The van der Waals surface area contributed by atoms with E-state index < -0.39 is 59.3 Å². The minimum atomic E-state index is -1.45. The van der Waals surface area contributed by atoms with Gasteiger partial charge in [0.2, 0.25) is 23.6 Å². The van der Waals surface area contributed by atoms with Crippen LogP contribution < -0.4 is 21.3 Å². The molecule has 10 heterocycles. The Morgan fingerprint density at radius 1 is 0.396 bits per heavy atom. The predicted molar refractivity (Wildman–Crippen MR) is 418 cm³/mol. The average Bonchev–Trinajstić information content (AvgIpc) is 1.50. The number of rotatable bonds is 20. The van der Waals surface area contributed by atoms with E-state index in [2.05, 4.69) is 87.6 Å². The fourth-order valence-corrected chi connectivity index (χ4v) is 18.4. The van der Waals surface area contributed by atoms with E-state index in [0.717, 1.165) is 139 Å². The minimum absolute atomic E-state index is 0.108. The van der Waals surface area contributed by atoms with Gasteiger partial charge in [-0.3, -0.25) is 19.2 Å². The third kappa shape index (κ3) is 16.1. The van der Waals surface area contributed by atoms with E-state index in [9.17, 15) is 42.6 Å². The monoisotopic (exact) mass is 1550 g/mol. The van der Waals surface area contributed by atoms with Crippen LogP contribution in [-0.2, 0) is 48.9 Å². The van der Waals surface area contributed by atoms with Crippen molar-refractivity contribution in [3.63, 3.8) is 0 Å². The second-order valence-electron chi connectivity index (χ2n) is 30.1. The number of amides is 8. The van der Waals surface area contributed by atoms with Gasteiger partial charge in [-0.15, -0.1) is 11.3 Å². The van der Waals surface area contributed by atoms with Crippen LogP contribution in [0.2, 0.25) is 0 Å².